The summed E-state index contributed by atoms with van der Waals surface area (Å²) in [7, 11) is 1.64. The second-order valence-electron chi connectivity index (χ2n) is 4.24. The summed E-state index contributed by atoms with van der Waals surface area (Å²) in [5.74, 6) is 0.447. The SMILES string of the molecule is COCCOCCOCCOc1nccc(C)c1C(N)=S. The van der Waals surface area contributed by atoms with Crippen LogP contribution < -0.4 is 10.5 Å². The largest absolute Gasteiger partial charge is 0.475 e. The van der Waals surface area contributed by atoms with E-state index in [4.69, 9.17) is 36.9 Å². The second kappa shape index (κ2) is 10.4. The summed E-state index contributed by atoms with van der Waals surface area (Å²) in [6.45, 7) is 4.94. The van der Waals surface area contributed by atoms with Crippen LogP contribution in [0.1, 0.15) is 11.1 Å². The molecular weight excluding hydrogens is 292 g/mol. The maximum atomic E-state index is 5.68. The molecule has 0 aliphatic heterocycles. The highest BCUT2D eigenvalue weighted by Crippen LogP contribution is 2.18. The molecule has 1 heterocycles. The van der Waals surface area contributed by atoms with Crippen LogP contribution in [0, 0.1) is 6.92 Å². The molecule has 0 bridgehead atoms. The minimum Gasteiger partial charge on any atom is -0.475 e. The molecule has 21 heavy (non-hydrogen) atoms. The van der Waals surface area contributed by atoms with Gasteiger partial charge in [-0.3, -0.25) is 0 Å². The lowest BCUT2D eigenvalue weighted by atomic mass is 10.1. The fraction of sp³-hybridized carbons (Fsp3) is 0.571. The van der Waals surface area contributed by atoms with Crippen LogP contribution in [-0.4, -0.2) is 56.7 Å². The van der Waals surface area contributed by atoms with Crippen LogP contribution in [-0.2, 0) is 14.2 Å². The van der Waals surface area contributed by atoms with Crippen molar-refractivity contribution in [3.8, 4) is 5.88 Å². The second-order valence-corrected chi connectivity index (χ2v) is 4.68. The molecule has 1 aromatic heterocycles. The lowest BCUT2D eigenvalue weighted by Crippen LogP contribution is -2.17. The van der Waals surface area contributed by atoms with E-state index in [0.29, 0.717) is 51.1 Å². The van der Waals surface area contributed by atoms with E-state index in [1.165, 1.54) is 0 Å². The molecule has 1 aromatic rings. The van der Waals surface area contributed by atoms with E-state index >= 15 is 0 Å². The van der Waals surface area contributed by atoms with Gasteiger partial charge in [0.1, 0.15) is 11.6 Å². The van der Waals surface area contributed by atoms with Crippen molar-refractivity contribution < 1.29 is 18.9 Å². The highest BCUT2D eigenvalue weighted by Gasteiger charge is 2.10. The number of nitrogens with two attached hydrogens (primary N) is 1. The third-order valence-corrected chi connectivity index (χ3v) is 2.85. The number of hydrogen-bond donors (Lipinski definition) is 1. The van der Waals surface area contributed by atoms with Gasteiger partial charge in [0, 0.05) is 13.3 Å². The zero-order chi connectivity index (χ0) is 15.5. The van der Waals surface area contributed by atoms with Crippen LogP contribution in [0.3, 0.4) is 0 Å². The Bertz CT molecular complexity index is 443. The lowest BCUT2D eigenvalue weighted by molar-refractivity contribution is 0.0176. The summed E-state index contributed by atoms with van der Waals surface area (Å²) in [6.07, 6.45) is 1.66. The molecule has 0 saturated carbocycles. The molecule has 0 aliphatic carbocycles. The van der Waals surface area contributed by atoms with Crippen LogP contribution >= 0.6 is 12.2 Å². The molecule has 0 aromatic carbocycles. The standard InChI is InChI=1S/C14H22N2O4S/c1-11-3-4-16-14(12(11)13(15)21)20-10-9-19-8-7-18-6-5-17-2/h3-4H,5-10H2,1-2H3,(H2,15,21). The summed E-state index contributed by atoms with van der Waals surface area (Å²) >= 11 is 5.01. The number of rotatable bonds is 11. The van der Waals surface area contributed by atoms with Crippen molar-refractivity contribution in [3.05, 3.63) is 23.4 Å². The number of ether oxygens (including phenoxy) is 4. The first-order valence-corrected chi connectivity index (χ1v) is 7.10. The zero-order valence-electron chi connectivity index (χ0n) is 12.5. The Balaban J connectivity index is 2.21. The molecule has 0 aliphatic rings. The van der Waals surface area contributed by atoms with Gasteiger partial charge >= 0.3 is 0 Å². The van der Waals surface area contributed by atoms with Crippen LogP contribution in [0.4, 0.5) is 0 Å². The van der Waals surface area contributed by atoms with E-state index in [1.807, 2.05) is 13.0 Å². The molecule has 0 fully saturated rings. The van der Waals surface area contributed by atoms with Crippen molar-refractivity contribution >= 4 is 17.2 Å². The number of hydrogen-bond acceptors (Lipinski definition) is 6. The maximum Gasteiger partial charge on any atom is 0.224 e. The number of nitrogens with zero attached hydrogens (tertiary/aromatic N) is 1. The highest BCUT2D eigenvalue weighted by atomic mass is 32.1. The topological polar surface area (TPSA) is 75.8 Å². The van der Waals surface area contributed by atoms with Crippen molar-refractivity contribution in [1.82, 2.24) is 4.98 Å². The highest BCUT2D eigenvalue weighted by molar-refractivity contribution is 7.80. The Morgan fingerprint density at radius 1 is 1.14 bits per heavy atom. The minimum absolute atomic E-state index is 0.281. The van der Waals surface area contributed by atoms with E-state index in [2.05, 4.69) is 4.98 Å². The number of aromatic nitrogens is 1. The smallest absolute Gasteiger partial charge is 0.224 e. The molecule has 118 valence electrons. The molecule has 0 saturated heterocycles. The quantitative estimate of drug-likeness (QED) is 0.484. The molecule has 6 nitrogen and oxygen atoms in total. The monoisotopic (exact) mass is 314 g/mol. The van der Waals surface area contributed by atoms with E-state index < -0.39 is 0 Å². The molecule has 0 spiro atoms. The lowest BCUT2D eigenvalue weighted by Gasteiger charge is -2.11. The number of thiocarbonyl (C=S) groups is 1. The molecule has 7 heteroatoms. The average Bonchev–Trinajstić information content (AvgIpc) is 2.45. The van der Waals surface area contributed by atoms with Gasteiger partial charge in [-0.2, -0.15) is 0 Å². The van der Waals surface area contributed by atoms with E-state index in [-0.39, 0.29) is 4.99 Å². The Kier molecular flexibility index (Phi) is 8.84. The molecular formula is C14H22N2O4S. The van der Waals surface area contributed by atoms with Crippen molar-refractivity contribution in [2.75, 3.05) is 46.8 Å². The van der Waals surface area contributed by atoms with Crippen LogP contribution in [0.15, 0.2) is 12.3 Å². The first-order chi connectivity index (χ1) is 10.2. The van der Waals surface area contributed by atoms with Crippen molar-refractivity contribution in [2.45, 2.75) is 6.92 Å². The van der Waals surface area contributed by atoms with E-state index in [0.717, 1.165) is 5.56 Å². The van der Waals surface area contributed by atoms with Crippen LogP contribution in [0.25, 0.3) is 0 Å². The third-order valence-electron chi connectivity index (χ3n) is 2.64. The van der Waals surface area contributed by atoms with Gasteiger partial charge in [0.05, 0.1) is 38.6 Å². The van der Waals surface area contributed by atoms with Crippen molar-refractivity contribution in [1.29, 1.82) is 0 Å². The van der Waals surface area contributed by atoms with Crippen molar-refractivity contribution in [2.24, 2.45) is 5.73 Å². The summed E-state index contributed by atoms with van der Waals surface area (Å²) in [5.41, 5.74) is 7.30. The van der Waals surface area contributed by atoms with Crippen LogP contribution in [0.2, 0.25) is 0 Å². The predicted octanol–water partition coefficient (Wildman–Crippen LogP) is 1.08. The fourth-order valence-corrected chi connectivity index (χ4v) is 1.85. The minimum atomic E-state index is 0.281. The van der Waals surface area contributed by atoms with Gasteiger partial charge in [0.25, 0.3) is 0 Å². The Morgan fingerprint density at radius 3 is 2.38 bits per heavy atom. The van der Waals surface area contributed by atoms with Crippen LogP contribution in [0.5, 0.6) is 5.88 Å². The molecule has 0 radical (unpaired) electrons. The predicted molar refractivity (Wildman–Crippen MR) is 83.9 cm³/mol. The van der Waals surface area contributed by atoms with Gasteiger partial charge in [-0.25, -0.2) is 4.98 Å². The zero-order valence-corrected chi connectivity index (χ0v) is 13.3. The van der Waals surface area contributed by atoms with Gasteiger partial charge in [0.15, 0.2) is 0 Å². The van der Waals surface area contributed by atoms with E-state index in [9.17, 15) is 0 Å². The normalized spacial score (nSPS) is 10.6. The van der Waals surface area contributed by atoms with Gasteiger partial charge in [-0.15, -0.1) is 0 Å². The van der Waals surface area contributed by atoms with Gasteiger partial charge < -0.3 is 24.7 Å². The Labute approximate surface area is 130 Å². The molecule has 0 amide bonds. The van der Waals surface area contributed by atoms with Crippen molar-refractivity contribution in [3.63, 3.8) is 0 Å². The molecule has 0 atom stereocenters. The number of aryl methyl sites for hydroxylation is 1. The first kappa shape index (κ1) is 17.8. The summed E-state index contributed by atoms with van der Waals surface area (Å²) in [5, 5.41) is 0. The first-order valence-electron chi connectivity index (χ1n) is 6.69. The Morgan fingerprint density at radius 2 is 1.76 bits per heavy atom. The third kappa shape index (κ3) is 6.81. The van der Waals surface area contributed by atoms with Gasteiger partial charge in [-0.05, 0) is 18.6 Å². The molecule has 1 rings (SSSR count). The van der Waals surface area contributed by atoms with Gasteiger partial charge in [0.2, 0.25) is 5.88 Å². The Hall–Kier alpha value is -1.28. The summed E-state index contributed by atoms with van der Waals surface area (Å²) in [4.78, 5) is 4.43. The molecule has 2 N–H and O–H groups in total. The van der Waals surface area contributed by atoms with E-state index in [1.54, 1.807) is 13.3 Å². The average molecular weight is 314 g/mol. The summed E-state index contributed by atoms with van der Waals surface area (Å²) < 4.78 is 21.1. The van der Waals surface area contributed by atoms with Gasteiger partial charge in [-0.1, -0.05) is 12.2 Å². The number of methoxy groups -OCH3 is 1. The maximum absolute atomic E-state index is 5.68. The molecule has 0 unspecified atom stereocenters. The summed E-state index contributed by atoms with van der Waals surface area (Å²) in [6, 6.07) is 1.84. The number of pyridine rings is 1. The fourth-order valence-electron chi connectivity index (χ4n) is 1.60.